The van der Waals surface area contributed by atoms with Gasteiger partial charge in [0.2, 0.25) is 0 Å². The molecule has 0 aromatic rings. The van der Waals surface area contributed by atoms with E-state index in [-0.39, 0.29) is 5.41 Å². The molecule has 4 aliphatic rings. The molecule has 6 heteroatoms. The minimum absolute atomic E-state index is 0.146. The Balaban J connectivity index is 1.45. The van der Waals surface area contributed by atoms with Crippen molar-refractivity contribution in [3.05, 3.63) is 11.6 Å². The molecule has 5 nitrogen and oxygen atoms in total. The van der Waals surface area contributed by atoms with Crippen LogP contribution in [-0.4, -0.2) is 30.8 Å². The summed E-state index contributed by atoms with van der Waals surface area (Å²) in [6.07, 6.45) is 14.3. The second-order valence-electron chi connectivity index (χ2n) is 12.6. The van der Waals surface area contributed by atoms with E-state index in [2.05, 4.69) is 33.8 Å². The van der Waals surface area contributed by atoms with Gasteiger partial charge in [-0.15, -0.1) is 0 Å². The average Bonchev–Trinajstić information content (AvgIpc) is 3.10. The van der Waals surface area contributed by atoms with Crippen LogP contribution in [0.15, 0.2) is 11.6 Å². The van der Waals surface area contributed by atoms with E-state index in [1.807, 2.05) is 0 Å². The molecule has 2 unspecified atom stereocenters. The van der Waals surface area contributed by atoms with E-state index in [0.717, 1.165) is 42.9 Å². The molecule has 0 spiro atoms. The second kappa shape index (κ2) is 9.55. The van der Waals surface area contributed by atoms with E-state index in [4.69, 9.17) is 8.74 Å². The van der Waals surface area contributed by atoms with Gasteiger partial charge < -0.3 is 5.11 Å². The van der Waals surface area contributed by atoms with Gasteiger partial charge in [0.15, 0.2) is 0 Å². The van der Waals surface area contributed by atoms with Gasteiger partial charge in [-0.3, -0.25) is 4.55 Å². The Morgan fingerprint density at radius 3 is 2.55 bits per heavy atom. The van der Waals surface area contributed by atoms with E-state index >= 15 is 0 Å². The third-order valence-electron chi connectivity index (χ3n) is 10.7. The van der Waals surface area contributed by atoms with Gasteiger partial charge in [-0.1, -0.05) is 52.2 Å². The van der Waals surface area contributed by atoms with Crippen molar-refractivity contribution in [3.8, 4) is 0 Å². The predicted octanol–water partition coefficient (Wildman–Crippen LogP) is 6.19. The number of hydrogen-bond acceptors (Lipinski definition) is 4. The lowest BCUT2D eigenvalue weighted by Gasteiger charge is -2.58. The first-order valence-corrected chi connectivity index (χ1v) is 14.8. The average molecular weight is 483 g/mol. The summed E-state index contributed by atoms with van der Waals surface area (Å²) in [5.74, 6) is 4.19. The van der Waals surface area contributed by atoms with E-state index < -0.39 is 16.5 Å². The summed E-state index contributed by atoms with van der Waals surface area (Å²) in [6, 6.07) is 0. The molecule has 0 radical (unpaired) electrons. The molecule has 9 atom stereocenters. The molecule has 0 bridgehead atoms. The first-order chi connectivity index (χ1) is 15.5. The van der Waals surface area contributed by atoms with Gasteiger partial charge in [0.05, 0.1) is 6.10 Å². The summed E-state index contributed by atoms with van der Waals surface area (Å²) in [6.45, 7) is 9.94. The van der Waals surface area contributed by atoms with E-state index in [1.54, 1.807) is 0 Å². The maximum absolute atomic E-state index is 11.2. The Kier molecular flexibility index (Phi) is 7.43. The van der Waals surface area contributed by atoms with Crippen LogP contribution in [0.2, 0.25) is 0 Å². The molecule has 0 amide bonds. The zero-order chi connectivity index (χ0) is 24.0. The van der Waals surface area contributed by atoms with Gasteiger partial charge in [-0.05, 0) is 104 Å². The summed E-state index contributed by atoms with van der Waals surface area (Å²) in [7, 11) is -4.39. The second-order valence-corrected chi connectivity index (χ2v) is 13.6. The van der Waals surface area contributed by atoms with Crippen molar-refractivity contribution in [2.45, 2.75) is 104 Å². The number of aliphatic hydroxyl groups excluding tert-OH is 1. The smallest absolute Gasteiger partial charge is 0.396 e. The minimum Gasteiger partial charge on any atom is -0.396 e. The lowest BCUT2D eigenvalue weighted by molar-refractivity contribution is -0.0560. The number of allylic oxidation sites excluding steroid dienone is 1. The molecule has 4 rings (SSSR count). The van der Waals surface area contributed by atoms with Crippen LogP contribution in [-0.2, 0) is 14.6 Å². The Hall–Kier alpha value is -0.430. The summed E-state index contributed by atoms with van der Waals surface area (Å²) in [5, 5.41) is 9.33. The summed E-state index contributed by atoms with van der Waals surface area (Å²) in [4.78, 5) is 0. The van der Waals surface area contributed by atoms with Crippen molar-refractivity contribution in [1.29, 1.82) is 0 Å². The van der Waals surface area contributed by atoms with Crippen LogP contribution in [0.25, 0.3) is 0 Å². The highest BCUT2D eigenvalue weighted by Gasteiger charge is 2.59. The standard InChI is InChI=1S/C27H46O5S/c1-18(17-28)6-5-7-19(2)23-10-11-24-22-9-8-20-16-21(32-33(29,30)31)12-14-26(20,3)25(22)13-15-27(23,24)4/h8,18-19,21-25,28H,5-7,9-17H2,1-4H3,(H,29,30,31)/t18?,19-,21+,22+,23?,24+,25+,26+,27-/m1/s1. The fraction of sp³-hybridized carbons (Fsp3) is 0.926. The van der Waals surface area contributed by atoms with Gasteiger partial charge in [0, 0.05) is 6.61 Å². The first kappa shape index (κ1) is 25.7. The largest absolute Gasteiger partial charge is 0.397 e. The zero-order valence-electron chi connectivity index (χ0n) is 21.1. The molecule has 0 aromatic carbocycles. The van der Waals surface area contributed by atoms with Gasteiger partial charge >= 0.3 is 10.4 Å². The van der Waals surface area contributed by atoms with Crippen LogP contribution >= 0.6 is 0 Å². The van der Waals surface area contributed by atoms with Crippen molar-refractivity contribution in [2.24, 2.45) is 46.3 Å². The molecule has 33 heavy (non-hydrogen) atoms. The Morgan fingerprint density at radius 2 is 1.85 bits per heavy atom. The lowest BCUT2D eigenvalue weighted by atomic mass is 9.47. The van der Waals surface area contributed by atoms with E-state index in [1.165, 1.54) is 44.1 Å². The van der Waals surface area contributed by atoms with E-state index in [0.29, 0.717) is 36.7 Å². The summed E-state index contributed by atoms with van der Waals surface area (Å²) >= 11 is 0. The molecule has 0 aliphatic heterocycles. The highest BCUT2D eigenvalue weighted by molar-refractivity contribution is 7.80. The van der Waals surface area contributed by atoms with Crippen molar-refractivity contribution < 1.29 is 22.3 Å². The van der Waals surface area contributed by atoms with Crippen molar-refractivity contribution >= 4 is 10.4 Å². The van der Waals surface area contributed by atoms with Crippen LogP contribution in [0.5, 0.6) is 0 Å². The molecular formula is C27H46O5S. The van der Waals surface area contributed by atoms with Crippen LogP contribution < -0.4 is 0 Å². The van der Waals surface area contributed by atoms with Gasteiger partial charge in [0.25, 0.3) is 0 Å². The Bertz CT molecular complexity index is 837. The third-order valence-corrected chi connectivity index (χ3v) is 11.3. The molecule has 3 fully saturated rings. The maximum atomic E-state index is 11.2. The van der Waals surface area contributed by atoms with Gasteiger partial charge in [-0.25, -0.2) is 4.18 Å². The number of aliphatic hydroxyl groups is 1. The van der Waals surface area contributed by atoms with Crippen molar-refractivity contribution in [1.82, 2.24) is 0 Å². The molecule has 0 heterocycles. The molecular weight excluding hydrogens is 436 g/mol. The Labute approximate surface area is 201 Å². The number of rotatable bonds is 8. The normalized spacial score (nSPS) is 42.6. The molecule has 3 saturated carbocycles. The van der Waals surface area contributed by atoms with Gasteiger partial charge in [0.1, 0.15) is 0 Å². The monoisotopic (exact) mass is 482 g/mol. The maximum Gasteiger partial charge on any atom is 0.397 e. The molecule has 190 valence electrons. The number of fused-ring (bicyclic) bond motifs is 5. The molecule has 0 saturated heterocycles. The summed E-state index contributed by atoms with van der Waals surface area (Å²) in [5.41, 5.74) is 1.96. The lowest BCUT2D eigenvalue weighted by Crippen LogP contribution is -2.51. The van der Waals surface area contributed by atoms with Crippen LogP contribution in [0.3, 0.4) is 0 Å². The molecule has 0 aromatic heterocycles. The van der Waals surface area contributed by atoms with Crippen LogP contribution in [0.4, 0.5) is 0 Å². The molecule has 4 aliphatic carbocycles. The fourth-order valence-corrected chi connectivity index (χ4v) is 9.45. The predicted molar refractivity (Wildman–Crippen MR) is 131 cm³/mol. The summed E-state index contributed by atoms with van der Waals surface area (Å²) < 4.78 is 36.6. The first-order valence-electron chi connectivity index (χ1n) is 13.4. The molecule has 2 N–H and O–H groups in total. The van der Waals surface area contributed by atoms with Crippen LogP contribution in [0.1, 0.15) is 98.3 Å². The third kappa shape index (κ3) is 4.96. The highest BCUT2D eigenvalue weighted by Crippen LogP contribution is 2.67. The topological polar surface area (TPSA) is 83.8 Å². The van der Waals surface area contributed by atoms with Gasteiger partial charge in [-0.2, -0.15) is 8.42 Å². The number of hydrogen-bond donors (Lipinski definition) is 2. The minimum atomic E-state index is -4.39. The van der Waals surface area contributed by atoms with Crippen LogP contribution in [0, 0.1) is 46.3 Å². The van der Waals surface area contributed by atoms with E-state index in [9.17, 15) is 13.5 Å². The SMILES string of the molecule is CC(CO)CCC[C@@H](C)C1CC[C@H]2[C@@H]3CC=C4C[C@@H](OS(=O)(=O)O)CC[C@]4(C)[C@H]3CC[C@]12C. The quantitative estimate of drug-likeness (QED) is 0.318. The van der Waals surface area contributed by atoms with Crippen molar-refractivity contribution in [2.75, 3.05) is 6.61 Å². The highest BCUT2D eigenvalue weighted by atomic mass is 32.3. The van der Waals surface area contributed by atoms with Crippen molar-refractivity contribution in [3.63, 3.8) is 0 Å². The zero-order valence-corrected chi connectivity index (χ0v) is 21.9. The Morgan fingerprint density at radius 1 is 1.09 bits per heavy atom. The fourth-order valence-electron chi connectivity index (χ4n) is 8.94.